The van der Waals surface area contributed by atoms with Gasteiger partial charge in [0.25, 0.3) is 0 Å². The summed E-state index contributed by atoms with van der Waals surface area (Å²) in [5, 5.41) is 21.0. The number of aliphatic hydroxyl groups excluding tert-OH is 1. The number of benzene rings is 1. The molecule has 21 heavy (non-hydrogen) atoms. The highest BCUT2D eigenvalue weighted by Gasteiger charge is 2.39. The van der Waals surface area contributed by atoms with Crippen molar-refractivity contribution in [3.05, 3.63) is 28.0 Å². The molecule has 0 unspecified atom stereocenters. The molecule has 1 heterocycles. The fourth-order valence-corrected chi connectivity index (χ4v) is 2.70. The van der Waals surface area contributed by atoms with Gasteiger partial charge in [0.05, 0.1) is 10.6 Å². The minimum atomic E-state index is -1.18. The molecule has 0 aromatic heterocycles. The predicted octanol–water partition coefficient (Wildman–Crippen LogP) is 1.95. The van der Waals surface area contributed by atoms with Crippen molar-refractivity contribution in [1.82, 2.24) is 4.90 Å². The third-order valence-corrected chi connectivity index (χ3v) is 3.94. The molecule has 1 fully saturated rings. The molecule has 1 aromatic carbocycles. The molecule has 1 aromatic rings. The second-order valence-electron chi connectivity index (χ2n) is 4.91. The Morgan fingerprint density at radius 2 is 2.14 bits per heavy atom. The summed E-state index contributed by atoms with van der Waals surface area (Å²) < 4.78 is 13.8. The number of carbonyl (C=O) groups is 2. The Morgan fingerprint density at radius 1 is 1.48 bits per heavy atom. The van der Waals surface area contributed by atoms with E-state index in [1.54, 1.807) is 6.92 Å². The van der Waals surface area contributed by atoms with E-state index in [1.807, 2.05) is 0 Å². The molecule has 0 radical (unpaired) electrons. The van der Waals surface area contributed by atoms with E-state index in [4.69, 9.17) is 5.11 Å². The lowest BCUT2D eigenvalue weighted by atomic mass is 10.2. The van der Waals surface area contributed by atoms with Gasteiger partial charge in [0, 0.05) is 18.7 Å². The van der Waals surface area contributed by atoms with Crippen LogP contribution >= 0.6 is 15.9 Å². The van der Waals surface area contributed by atoms with Crippen molar-refractivity contribution in [3.63, 3.8) is 0 Å². The van der Waals surface area contributed by atoms with Crippen LogP contribution in [-0.4, -0.2) is 45.8 Å². The molecule has 6 nitrogen and oxygen atoms in total. The Hall–Kier alpha value is -1.67. The van der Waals surface area contributed by atoms with Crippen molar-refractivity contribution in [3.8, 4) is 0 Å². The second-order valence-corrected chi connectivity index (χ2v) is 5.76. The van der Waals surface area contributed by atoms with Crippen LogP contribution in [0.2, 0.25) is 0 Å². The Balaban J connectivity index is 2.18. The van der Waals surface area contributed by atoms with Gasteiger partial charge in [-0.1, -0.05) is 0 Å². The van der Waals surface area contributed by atoms with Crippen molar-refractivity contribution >= 4 is 33.6 Å². The summed E-state index contributed by atoms with van der Waals surface area (Å²) in [6, 6.07) is 0.905. The number of aliphatic hydroxyl groups is 1. The summed E-state index contributed by atoms with van der Waals surface area (Å²) in [6.45, 7) is 1.62. The van der Waals surface area contributed by atoms with E-state index < -0.39 is 30.0 Å². The monoisotopic (exact) mass is 360 g/mol. The first-order valence-electron chi connectivity index (χ1n) is 6.23. The summed E-state index contributed by atoms with van der Waals surface area (Å²) in [6.07, 6.45) is -0.893. The minimum absolute atomic E-state index is 0.0174. The number of aryl methyl sites for hydroxylation is 1. The smallest absolute Gasteiger partial charge is 0.326 e. The van der Waals surface area contributed by atoms with E-state index in [9.17, 15) is 19.1 Å². The summed E-state index contributed by atoms with van der Waals surface area (Å²) in [7, 11) is 0. The van der Waals surface area contributed by atoms with E-state index >= 15 is 0 Å². The van der Waals surface area contributed by atoms with Crippen LogP contribution < -0.4 is 5.32 Å². The van der Waals surface area contributed by atoms with E-state index in [-0.39, 0.29) is 23.1 Å². The number of nitrogens with one attached hydrogen (secondary N) is 1. The van der Waals surface area contributed by atoms with Gasteiger partial charge in [0.15, 0.2) is 0 Å². The lowest BCUT2D eigenvalue weighted by molar-refractivity contribution is -0.141. The maximum Gasteiger partial charge on any atom is 0.326 e. The van der Waals surface area contributed by atoms with Crippen molar-refractivity contribution in [1.29, 1.82) is 0 Å². The highest BCUT2D eigenvalue weighted by Crippen LogP contribution is 2.25. The Labute approximate surface area is 128 Å². The fraction of sp³-hybridized carbons (Fsp3) is 0.385. The SMILES string of the molecule is Cc1cc(Br)c(F)cc1NC(=O)N1C[C@@H](O)C[C@H]1C(=O)O. The van der Waals surface area contributed by atoms with E-state index in [0.717, 1.165) is 11.0 Å². The first-order valence-corrected chi connectivity index (χ1v) is 7.03. The van der Waals surface area contributed by atoms with Crippen LogP contribution in [0, 0.1) is 12.7 Å². The number of β-amino-alcohol motifs (C(OH)–C–C–N with tert-alkyl or cyclic N) is 1. The number of carboxylic acids is 1. The molecule has 1 aliphatic heterocycles. The Kier molecular flexibility index (Phi) is 4.48. The second kappa shape index (κ2) is 5.98. The van der Waals surface area contributed by atoms with Crippen molar-refractivity contribution in [2.24, 2.45) is 0 Å². The molecule has 2 rings (SSSR count). The number of urea groups is 1. The van der Waals surface area contributed by atoms with Crippen molar-refractivity contribution in [2.45, 2.75) is 25.5 Å². The number of nitrogens with zero attached hydrogens (tertiary/aromatic N) is 1. The molecule has 3 N–H and O–H groups in total. The number of carboxylic acid groups (broad SMARTS) is 1. The standard InChI is InChI=1S/C13H14BrFN2O4/c1-6-2-8(14)9(15)4-10(6)16-13(21)17-5-7(18)3-11(17)12(19)20/h2,4,7,11,18H,3,5H2,1H3,(H,16,21)(H,19,20)/t7-,11-/m0/s1. The average molecular weight is 361 g/mol. The largest absolute Gasteiger partial charge is 0.480 e. The molecule has 0 spiro atoms. The first kappa shape index (κ1) is 15.7. The van der Waals surface area contributed by atoms with Gasteiger partial charge in [-0.25, -0.2) is 14.0 Å². The van der Waals surface area contributed by atoms with Crippen LogP contribution in [0.25, 0.3) is 0 Å². The van der Waals surface area contributed by atoms with Crippen LogP contribution in [0.1, 0.15) is 12.0 Å². The summed E-state index contributed by atoms with van der Waals surface area (Å²) in [5.74, 6) is -1.72. The van der Waals surface area contributed by atoms with E-state index in [0.29, 0.717) is 5.56 Å². The third kappa shape index (κ3) is 3.33. The van der Waals surface area contributed by atoms with Crippen LogP contribution in [-0.2, 0) is 4.79 Å². The highest BCUT2D eigenvalue weighted by molar-refractivity contribution is 9.10. The van der Waals surface area contributed by atoms with E-state index in [2.05, 4.69) is 21.2 Å². The van der Waals surface area contributed by atoms with Crippen molar-refractivity contribution in [2.75, 3.05) is 11.9 Å². The lowest BCUT2D eigenvalue weighted by Crippen LogP contribution is -2.43. The van der Waals surface area contributed by atoms with Gasteiger partial charge < -0.3 is 20.4 Å². The normalized spacial score (nSPS) is 21.4. The molecule has 8 heteroatoms. The van der Waals surface area contributed by atoms with Crippen LogP contribution in [0.15, 0.2) is 16.6 Å². The fourth-order valence-electron chi connectivity index (χ4n) is 2.24. The topological polar surface area (TPSA) is 89.9 Å². The van der Waals surface area contributed by atoms with Gasteiger partial charge in [-0.15, -0.1) is 0 Å². The van der Waals surface area contributed by atoms with Gasteiger partial charge in [-0.3, -0.25) is 0 Å². The number of anilines is 1. The van der Waals surface area contributed by atoms with Gasteiger partial charge in [-0.05, 0) is 40.5 Å². The zero-order valence-corrected chi connectivity index (χ0v) is 12.7. The van der Waals surface area contributed by atoms with Crippen LogP contribution in [0.5, 0.6) is 0 Å². The summed E-state index contributed by atoms with van der Waals surface area (Å²) in [5.41, 5.74) is 0.884. The lowest BCUT2D eigenvalue weighted by Gasteiger charge is -2.22. The third-order valence-electron chi connectivity index (χ3n) is 3.33. The number of amides is 2. The van der Waals surface area contributed by atoms with Crippen LogP contribution in [0.4, 0.5) is 14.9 Å². The maximum atomic E-state index is 13.5. The zero-order chi connectivity index (χ0) is 15.7. The van der Waals surface area contributed by atoms with Gasteiger partial charge in [0.1, 0.15) is 11.9 Å². The van der Waals surface area contributed by atoms with E-state index in [1.165, 1.54) is 6.07 Å². The predicted molar refractivity (Wildman–Crippen MR) is 76.6 cm³/mol. The number of hydrogen-bond acceptors (Lipinski definition) is 3. The zero-order valence-electron chi connectivity index (χ0n) is 11.1. The molecule has 2 amide bonds. The highest BCUT2D eigenvalue weighted by atomic mass is 79.9. The molecule has 114 valence electrons. The number of halogens is 2. The summed E-state index contributed by atoms with van der Waals surface area (Å²) >= 11 is 3.04. The number of rotatable bonds is 2. The summed E-state index contributed by atoms with van der Waals surface area (Å²) in [4.78, 5) is 24.2. The Bertz CT molecular complexity index is 596. The molecule has 1 aliphatic rings. The average Bonchev–Trinajstić information content (AvgIpc) is 2.78. The molecular weight excluding hydrogens is 347 g/mol. The van der Waals surface area contributed by atoms with Crippen molar-refractivity contribution < 1.29 is 24.2 Å². The Morgan fingerprint density at radius 3 is 2.76 bits per heavy atom. The first-order chi connectivity index (χ1) is 9.79. The number of hydrogen-bond donors (Lipinski definition) is 3. The number of aliphatic carboxylic acids is 1. The molecule has 0 bridgehead atoms. The molecule has 0 saturated carbocycles. The van der Waals surface area contributed by atoms with Crippen LogP contribution in [0.3, 0.4) is 0 Å². The molecule has 2 atom stereocenters. The minimum Gasteiger partial charge on any atom is -0.480 e. The van der Waals surface area contributed by atoms with Gasteiger partial charge >= 0.3 is 12.0 Å². The van der Waals surface area contributed by atoms with Gasteiger partial charge in [-0.2, -0.15) is 0 Å². The molecule has 1 saturated heterocycles. The maximum absolute atomic E-state index is 13.5. The molecule has 0 aliphatic carbocycles. The number of carbonyl (C=O) groups excluding carboxylic acids is 1. The quantitative estimate of drug-likeness (QED) is 0.751. The number of likely N-dealkylation sites (tertiary alicyclic amines) is 1. The van der Waals surface area contributed by atoms with Gasteiger partial charge in [0.2, 0.25) is 0 Å². The molecular formula is C13H14BrFN2O4.